The fraction of sp³-hybridized carbons (Fsp3) is 0.241. The lowest BCUT2D eigenvalue weighted by Gasteiger charge is -2.19. The third kappa shape index (κ3) is 6.13. The van der Waals surface area contributed by atoms with Gasteiger partial charge in [0.25, 0.3) is 5.91 Å². The molecule has 204 valence electrons. The number of nitrogens with one attached hydrogen (secondary N) is 3. The van der Waals surface area contributed by atoms with Crippen molar-refractivity contribution < 1.29 is 23.2 Å². The zero-order valence-electron chi connectivity index (χ0n) is 22.5. The minimum Gasteiger partial charge on any atom is -0.354 e. The van der Waals surface area contributed by atoms with E-state index in [2.05, 4.69) is 16.0 Å². The molecule has 39 heavy (non-hydrogen) atoms. The van der Waals surface area contributed by atoms with Crippen LogP contribution in [0.1, 0.15) is 25.0 Å². The Morgan fingerprint density at radius 1 is 0.974 bits per heavy atom. The molecule has 4 rings (SSSR count). The number of likely N-dealkylation sites (N-methyl/N-ethyl adjacent to an activating group) is 2. The van der Waals surface area contributed by atoms with Crippen molar-refractivity contribution in [3.63, 3.8) is 0 Å². The van der Waals surface area contributed by atoms with Gasteiger partial charge in [-0.3, -0.25) is 14.2 Å². The number of fused-ring (bicyclic) bond motifs is 1. The second kappa shape index (κ2) is 12.4. The predicted octanol–water partition coefficient (Wildman–Crippen LogP) is 4.69. The van der Waals surface area contributed by atoms with Crippen LogP contribution in [0.15, 0.2) is 72.8 Å². The van der Waals surface area contributed by atoms with Crippen LogP contribution in [-0.4, -0.2) is 45.7 Å². The van der Waals surface area contributed by atoms with E-state index in [1.807, 2.05) is 54.6 Å². The molecule has 2 amide bonds. The number of carbonyl (C=O) groups excluding carboxylic acids is 2. The Bertz CT molecular complexity index is 1410. The molecule has 0 unspecified atom stereocenters. The van der Waals surface area contributed by atoms with E-state index in [1.165, 1.54) is 0 Å². The molecule has 0 bridgehead atoms. The summed E-state index contributed by atoms with van der Waals surface area (Å²) in [6, 6.07) is 22.0. The van der Waals surface area contributed by atoms with E-state index in [0.717, 1.165) is 16.9 Å². The highest BCUT2D eigenvalue weighted by atomic mass is 31.2. The molecule has 0 radical (unpaired) electrons. The van der Waals surface area contributed by atoms with E-state index in [9.17, 15) is 14.2 Å². The molecule has 0 atom stereocenters. The van der Waals surface area contributed by atoms with Crippen molar-refractivity contribution in [3.05, 3.63) is 83.9 Å². The lowest BCUT2D eigenvalue weighted by atomic mass is 10.00. The monoisotopic (exact) mass is 548 g/mol. The van der Waals surface area contributed by atoms with E-state index < -0.39 is 7.60 Å². The van der Waals surface area contributed by atoms with Gasteiger partial charge in [-0.15, -0.1) is 0 Å². The predicted molar refractivity (Wildman–Crippen MR) is 156 cm³/mol. The Kier molecular flexibility index (Phi) is 8.99. The van der Waals surface area contributed by atoms with Gasteiger partial charge in [-0.25, -0.2) is 0 Å². The van der Waals surface area contributed by atoms with Crippen LogP contribution in [0.4, 0.5) is 17.1 Å². The highest BCUT2D eigenvalue weighted by Gasteiger charge is 2.33. The molecule has 1 aliphatic heterocycles. The van der Waals surface area contributed by atoms with Crippen LogP contribution in [0.5, 0.6) is 0 Å². The molecule has 1 aliphatic rings. The van der Waals surface area contributed by atoms with Crippen molar-refractivity contribution in [1.29, 1.82) is 0 Å². The average molecular weight is 549 g/mol. The number of rotatable bonds is 11. The smallest absolute Gasteiger partial charge is 0.354 e. The second-order valence-electron chi connectivity index (χ2n) is 8.79. The number of anilines is 3. The van der Waals surface area contributed by atoms with Crippen molar-refractivity contribution in [2.24, 2.45) is 0 Å². The molecule has 0 spiro atoms. The number of nitrogens with zero attached hydrogens (tertiary/aromatic N) is 1. The molecule has 0 saturated heterocycles. The van der Waals surface area contributed by atoms with Gasteiger partial charge in [0.15, 0.2) is 0 Å². The number of amides is 2. The molecule has 10 heteroatoms. The number of benzene rings is 3. The van der Waals surface area contributed by atoms with Crippen LogP contribution in [0.25, 0.3) is 11.3 Å². The maximum atomic E-state index is 13.5. The summed E-state index contributed by atoms with van der Waals surface area (Å²) in [5.41, 5.74) is 4.45. The maximum Gasteiger partial charge on any atom is 0.361 e. The highest BCUT2D eigenvalue weighted by Crippen LogP contribution is 2.48. The normalized spacial score (nSPS) is 14.0. The summed E-state index contributed by atoms with van der Waals surface area (Å²) in [4.78, 5) is 27.2. The molecule has 0 aromatic heterocycles. The van der Waals surface area contributed by atoms with Gasteiger partial charge in [-0.2, -0.15) is 0 Å². The van der Waals surface area contributed by atoms with Gasteiger partial charge < -0.3 is 29.9 Å². The number of hydrogen-bond acceptors (Lipinski definition) is 7. The summed E-state index contributed by atoms with van der Waals surface area (Å²) in [5, 5.41) is 9.57. The molecule has 0 saturated carbocycles. The zero-order chi connectivity index (χ0) is 28.0. The molecule has 9 nitrogen and oxygen atoms in total. The van der Waals surface area contributed by atoms with Crippen molar-refractivity contribution in [1.82, 2.24) is 5.32 Å². The van der Waals surface area contributed by atoms with E-state index >= 15 is 0 Å². The largest absolute Gasteiger partial charge is 0.361 e. The van der Waals surface area contributed by atoms with E-state index in [1.54, 1.807) is 51.0 Å². The lowest BCUT2D eigenvalue weighted by molar-refractivity contribution is -0.117. The van der Waals surface area contributed by atoms with Crippen LogP contribution in [-0.2, 0) is 23.2 Å². The SMILES string of the molecule is CCOP(=O)(OCC)c1ccc2c(c1)/C(=C(/Nc1ccc(N(C)C(=O)CNC)cc1)c1ccccc1)C(=O)N2. The van der Waals surface area contributed by atoms with Gasteiger partial charge in [0.05, 0.1) is 36.3 Å². The maximum absolute atomic E-state index is 13.5. The van der Waals surface area contributed by atoms with E-state index in [0.29, 0.717) is 27.8 Å². The summed E-state index contributed by atoms with van der Waals surface area (Å²) in [5.74, 6) is -0.345. The van der Waals surface area contributed by atoms with Gasteiger partial charge >= 0.3 is 7.60 Å². The summed E-state index contributed by atoms with van der Waals surface area (Å²) in [6.07, 6.45) is 0. The van der Waals surface area contributed by atoms with Crippen molar-refractivity contribution in [3.8, 4) is 0 Å². The second-order valence-corrected chi connectivity index (χ2v) is 10.8. The number of carbonyl (C=O) groups is 2. The standard InChI is InChI=1S/C29H33N4O5P/c1-5-37-39(36,38-6-2)23-16-17-25-24(18-23)27(29(35)32-25)28(20-10-8-7-9-11-20)31-21-12-14-22(15-13-21)33(4)26(34)19-30-3/h7-18,30-31H,5-6,19H2,1-4H3,(H,32,35)/b28-27-. The topological polar surface area (TPSA) is 109 Å². The molecular weight excluding hydrogens is 515 g/mol. The molecular formula is C29H33N4O5P. The van der Waals surface area contributed by atoms with Gasteiger partial charge in [0.2, 0.25) is 5.91 Å². The quantitative estimate of drug-likeness (QED) is 0.236. The fourth-order valence-electron chi connectivity index (χ4n) is 4.31. The summed E-state index contributed by atoms with van der Waals surface area (Å²) < 4.78 is 24.6. The van der Waals surface area contributed by atoms with Gasteiger partial charge in [0, 0.05) is 29.7 Å². The minimum atomic E-state index is -3.57. The first-order valence-corrected chi connectivity index (χ1v) is 14.3. The molecule has 3 aromatic carbocycles. The Labute approximate surface area is 228 Å². The van der Waals surface area contributed by atoms with Gasteiger partial charge in [-0.1, -0.05) is 30.3 Å². The zero-order valence-corrected chi connectivity index (χ0v) is 23.4. The van der Waals surface area contributed by atoms with Gasteiger partial charge in [-0.05, 0) is 68.9 Å². The Balaban J connectivity index is 1.79. The Morgan fingerprint density at radius 2 is 1.64 bits per heavy atom. The first-order chi connectivity index (χ1) is 18.8. The van der Waals surface area contributed by atoms with Crippen molar-refractivity contribution >= 4 is 53.0 Å². The molecule has 3 aromatic rings. The summed E-state index contributed by atoms with van der Waals surface area (Å²) in [6.45, 7) is 4.18. The third-order valence-electron chi connectivity index (χ3n) is 6.20. The Hall–Kier alpha value is -3.75. The molecule has 3 N–H and O–H groups in total. The van der Waals surface area contributed by atoms with Crippen molar-refractivity contribution in [2.75, 3.05) is 49.4 Å². The van der Waals surface area contributed by atoms with Crippen LogP contribution in [0.3, 0.4) is 0 Å². The van der Waals surface area contributed by atoms with Gasteiger partial charge in [0.1, 0.15) is 0 Å². The fourth-order valence-corrected chi connectivity index (χ4v) is 5.91. The molecule has 1 heterocycles. The minimum absolute atomic E-state index is 0.0586. The summed E-state index contributed by atoms with van der Waals surface area (Å²) in [7, 11) is -0.117. The Morgan fingerprint density at radius 3 is 2.26 bits per heavy atom. The number of hydrogen-bond donors (Lipinski definition) is 3. The average Bonchev–Trinajstić information content (AvgIpc) is 3.27. The van der Waals surface area contributed by atoms with Crippen LogP contribution in [0.2, 0.25) is 0 Å². The van der Waals surface area contributed by atoms with E-state index in [4.69, 9.17) is 9.05 Å². The van der Waals surface area contributed by atoms with Crippen LogP contribution < -0.4 is 26.2 Å². The van der Waals surface area contributed by atoms with E-state index in [-0.39, 0.29) is 31.6 Å². The third-order valence-corrected chi connectivity index (χ3v) is 8.31. The lowest BCUT2D eigenvalue weighted by Crippen LogP contribution is -2.34. The molecule has 0 fully saturated rings. The highest BCUT2D eigenvalue weighted by molar-refractivity contribution is 7.62. The first kappa shape index (κ1) is 28.3. The first-order valence-electron chi connectivity index (χ1n) is 12.7. The van der Waals surface area contributed by atoms with Crippen LogP contribution >= 0.6 is 7.60 Å². The van der Waals surface area contributed by atoms with Crippen LogP contribution in [0, 0.1) is 0 Å². The summed E-state index contributed by atoms with van der Waals surface area (Å²) >= 11 is 0. The van der Waals surface area contributed by atoms with Crippen molar-refractivity contribution in [2.45, 2.75) is 13.8 Å². The molecule has 0 aliphatic carbocycles.